The number of amides is 2. The van der Waals surface area contributed by atoms with Crippen molar-refractivity contribution >= 4 is 23.4 Å². The van der Waals surface area contributed by atoms with Gasteiger partial charge in [-0.3, -0.25) is 9.59 Å². The summed E-state index contributed by atoms with van der Waals surface area (Å²) in [5.74, 6) is -0.356. The monoisotopic (exact) mass is 338 g/mol. The number of aliphatic hydroxyl groups is 1. The number of hydrogen-bond donors (Lipinski definition) is 2. The van der Waals surface area contributed by atoms with Gasteiger partial charge in [-0.2, -0.15) is 0 Å². The predicted octanol–water partition coefficient (Wildman–Crippen LogP) is 1.94. The summed E-state index contributed by atoms with van der Waals surface area (Å²) < 4.78 is 0. The van der Waals surface area contributed by atoms with E-state index in [0.29, 0.717) is 23.7 Å². The van der Waals surface area contributed by atoms with Gasteiger partial charge in [0.15, 0.2) is 0 Å². The van der Waals surface area contributed by atoms with Crippen LogP contribution in [-0.4, -0.2) is 47.6 Å². The van der Waals surface area contributed by atoms with Crippen molar-refractivity contribution in [2.75, 3.05) is 19.7 Å². The number of carbonyl (C=O) groups excluding carboxylic acids is 2. The van der Waals surface area contributed by atoms with Crippen molar-refractivity contribution in [1.29, 1.82) is 0 Å². The molecule has 126 valence electrons. The molecule has 1 heterocycles. The Hall–Kier alpha value is -1.59. The maximum atomic E-state index is 12.7. The Morgan fingerprint density at radius 3 is 2.65 bits per heavy atom. The van der Waals surface area contributed by atoms with Crippen molar-refractivity contribution in [3.63, 3.8) is 0 Å². The molecule has 2 atom stereocenters. The number of nitrogens with zero attached hydrogens (tertiary/aromatic N) is 1. The first-order chi connectivity index (χ1) is 10.9. The number of carbonyl (C=O) groups is 2. The molecule has 2 unspecified atom stereocenters. The van der Waals surface area contributed by atoms with Gasteiger partial charge in [-0.25, -0.2) is 0 Å². The van der Waals surface area contributed by atoms with Crippen LogP contribution in [0, 0.1) is 11.8 Å². The highest BCUT2D eigenvalue weighted by atomic mass is 35.5. The Labute approximate surface area is 141 Å². The molecule has 1 aliphatic heterocycles. The SMILES string of the molecule is CC(C)C(NC(=O)c1ccccc1Cl)C(=O)N1CCC(CO)C1. The minimum absolute atomic E-state index is 0.0397. The van der Waals surface area contributed by atoms with Gasteiger partial charge < -0.3 is 15.3 Å². The van der Waals surface area contributed by atoms with Gasteiger partial charge in [0.1, 0.15) is 6.04 Å². The van der Waals surface area contributed by atoms with Crippen LogP contribution in [0.5, 0.6) is 0 Å². The lowest BCUT2D eigenvalue weighted by atomic mass is 10.0. The van der Waals surface area contributed by atoms with E-state index in [1.165, 1.54) is 0 Å². The zero-order chi connectivity index (χ0) is 17.0. The number of hydrogen-bond acceptors (Lipinski definition) is 3. The van der Waals surface area contributed by atoms with E-state index < -0.39 is 6.04 Å². The standard InChI is InChI=1S/C17H23ClN2O3/c1-11(2)15(17(23)20-8-7-12(9-20)10-21)19-16(22)13-5-3-4-6-14(13)18/h3-6,11-12,15,21H,7-10H2,1-2H3,(H,19,22). The molecule has 0 bridgehead atoms. The molecule has 1 aromatic rings. The Balaban J connectivity index is 2.08. The third kappa shape index (κ3) is 4.24. The number of likely N-dealkylation sites (tertiary alicyclic amines) is 1. The zero-order valence-electron chi connectivity index (χ0n) is 13.5. The predicted molar refractivity (Wildman–Crippen MR) is 89.3 cm³/mol. The van der Waals surface area contributed by atoms with Crippen LogP contribution in [-0.2, 0) is 4.79 Å². The summed E-state index contributed by atoms with van der Waals surface area (Å²) in [4.78, 5) is 26.8. The quantitative estimate of drug-likeness (QED) is 0.862. The molecule has 1 fully saturated rings. The summed E-state index contributed by atoms with van der Waals surface area (Å²) in [6, 6.07) is 6.17. The maximum absolute atomic E-state index is 12.7. The summed E-state index contributed by atoms with van der Waals surface area (Å²) in [6.07, 6.45) is 0.797. The lowest BCUT2D eigenvalue weighted by molar-refractivity contribution is -0.133. The summed E-state index contributed by atoms with van der Waals surface area (Å²) in [6.45, 7) is 5.04. The Bertz CT molecular complexity index is 577. The van der Waals surface area contributed by atoms with Crippen LogP contribution >= 0.6 is 11.6 Å². The summed E-state index contributed by atoms with van der Waals surface area (Å²) >= 11 is 6.04. The molecular formula is C17H23ClN2O3. The van der Waals surface area contributed by atoms with Crippen LogP contribution in [0.25, 0.3) is 0 Å². The molecule has 1 aromatic carbocycles. The van der Waals surface area contributed by atoms with Gasteiger partial charge in [0, 0.05) is 25.6 Å². The number of halogens is 1. The molecule has 0 aliphatic carbocycles. The summed E-state index contributed by atoms with van der Waals surface area (Å²) in [5.41, 5.74) is 0.363. The topological polar surface area (TPSA) is 69.6 Å². The Kier molecular flexibility index (Phi) is 6.02. The molecule has 0 aromatic heterocycles. The second-order valence-electron chi connectivity index (χ2n) is 6.30. The lowest BCUT2D eigenvalue weighted by Gasteiger charge is -2.27. The molecule has 5 nitrogen and oxygen atoms in total. The van der Waals surface area contributed by atoms with Crippen LogP contribution in [0.15, 0.2) is 24.3 Å². The minimum atomic E-state index is -0.601. The van der Waals surface area contributed by atoms with Crippen LogP contribution in [0.3, 0.4) is 0 Å². The van der Waals surface area contributed by atoms with E-state index in [1.54, 1.807) is 29.2 Å². The molecule has 1 aliphatic rings. The van der Waals surface area contributed by atoms with Gasteiger partial charge in [-0.05, 0) is 24.5 Å². The van der Waals surface area contributed by atoms with Crippen molar-refractivity contribution in [2.45, 2.75) is 26.3 Å². The molecule has 2 amide bonds. The second kappa shape index (κ2) is 7.79. The largest absolute Gasteiger partial charge is 0.396 e. The molecule has 6 heteroatoms. The Morgan fingerprint density at radius 2 is 2.09 bits per heavy atom. The van der Waals surface area contributed by atoms with Crippen molar-refractivity contribution in [1.82, 2.24) is 10.2 Å². The van der Waals surface area contributed by atoms with Gasteiger partial charge in [0.2, 0.25) is 5.91 Å². The van der Waals surface area contributed by atoms with Gasteiger partial charge in [-0.15, -0.1) is 0 Å². The first-order valence-electron chi connectivity index (χ1n) is 7.89. The van der Waals surface area contributed by atoms with Crippen molar-refractivity contribution in [3.05, 3.63) is 34.9 Å². The first-order valence-corrected chi connectivity index (χ1v) is 8.26. The summed E-state index contributed by atoms with van der Waals surface area (Å²) in [5, 5.41) is 12.4. The van der Waals surface area contributed by atoms with Crippen molar-refractivity contribution < 1.29 is 14.7 Å². The van der Waals surface area contributed by atoms with Gasteiger partial charge in [0.25, 0.3) is 5.91 Å². The van der Waals surface area contributed by atoms with E-state index in [0.717, 1.165) is 6.42 Å². The highest BCUT2D eigenvalue weighted by Crippen LogP contribution is 2.19. The minimum Gasteiger partial charge on any atom is -0.396 e. The van der Waals surface area contributed by atoms with Crippen LogP contribution in [0.1, 0.15) is 30.6 Å². The number of aliphatic hydroxyl groups excluding tert-OH is 1. The van der Waals surface area contributed by atoms with Gasteiger partial charge >= 0.3 is 0 Å². The fraction of sp³-hybridized carbons (Fsp3) is 0.529. The third-order valence-corrected chi connectivity index (χ3v) is 4.52. The van der Waals surface area contributed by atoms with Crippen molar-refractivity contribution in [2.24, 2.45) is 11.8 Å². The lowest BCUT2D eigenvalue weighted by Crippen LogP contribution is -2.50. The number of benzene rings is 1. The van der Waals surface area contributed by atoms with E-state index in [9.17, 15) is 14.7 Å². The van der Waals surface area contributed by atoms with Crippen molar-refractivity contribution in [3.8, 4) is 0 Å². The molecule has 23 heavy (non-hydrogen) atoms. The number of nitrogens with one attached hydrogen (secondary N) is 1. The highest BCUT2D eigenvalue weighted by molar-refractivity contribution is 6.33. The van der Waals surface area contributed by atoms with Gasteiger partial charge in [-0.1, -0.05) is 37.6 Å². The molecule has 2 N–H and O–H groups in total. The first kappa shape index (κ1) is 17.8. The Morgan fingerprint density at radius 1 is 1.39 bits per heavy atom. The molecule has 1 saturated heterocycles. The molecule has 2 rings (SSSR count). The van der Waals surface area contributed by atoms with E-state index >= 15 is 0 Å². The highest BCUT2D eigenvalue weighted by Gasteiger charge is 2.33. The average Bonchev–Trinajstić information content (AvgIpc) is 3.01. The second-order valence-corrected chi connectivity index (χ2v) is 6.70. The average molecular weight is 339 g/mol. The fourth-order valence-corrected chi connectivity index (χ4v) is 2.98. The van der Waals surface area contributed by atoms with Crippen LogP contribution < -0.4 is 5.32 Å². The van der Waals surface area contributed by atoms with Crippen LogP contribution in [0.4, 0.5) is 0 Å². The van der Waals surface area contributed by atoms with Crippen LogP contribution in [0.2, 0.25) is 5.02 Å². The van der Waals surface area contributed by atoms with E-state index in [2.05, 4.69) is 5.32 Å². The number of rotatable bonds is 5. The molecule has 0 spiro atoms. The molecule has 0 radical (unpaired) electrons. The van der Waals surface area contributed by atoms with E-state index in [4.69, 9.17) is 11.6 Å². The fourth-order valence-electron chi connectivity index (χ4n) is 2.76. The summed E-state index contributed by atoms with van der Waals surface area (Å²) in [7, 11) is 0. The normalized spacial score (nSPS) is 19.0. The molecule has 0 saturated carbocycles. The smallest absolute Gasteiger partial charge is 0.253 e. The third-order valence-electron chi connectivity index (χ3n) is 4.19. The van der Waals surface area contributed by atoms with E-state index in [-0.39, 0.29) is 30.3 Å². The molecular weight excluding hydrogens is 316 g/mol. The van der Waals surface area contributed by atoms with Gasteiger partial charge in [0.05, 0.1) is 10.6 Å². The van der Waals surface area contributed by atoms with E-state index in [1.807, 2.05) is 13.8 Å². The maximum Gasteiger partial charge on any atom is 0.253 e. The zero-order valence-corrected chi connectivity index (χ0v) is 14.2.